The lowest BCUT2D eigenvalue weighted by Gasteiger charge is -1.89. The molecular formula is C5H3FINS. The summed E-state index contributed by atoms with van der Waals surface area (Å²) >= 11 is 6.62. The van der Waals surface area contributed by atoms with Crippen LogP contribution in [-0.2, 0) is 0 Å². The molecule has 0 aliphatic heterocycles. The Bertz CT molecular complexity index is 270. The number of nitrogens with one attached hydrogen (secondary N) is 1. The van der Waals surface area contributed by atoms with E-state index in [1.54, 1.807) is 6.07 Å². The van der Waals surface area contributed by atoms with Gasteiger partial charge in [-0.25, -0.2) is 4.39 Å². The van der Waals surface area contributed by atoms with E-state index >= 15 is 0 Å². The highest BCUT2D eigenvalue weighted by molar-refractivity contribution is 14.1. The monoisotopic (exact) mass is 255 g/mol. The average molecular weight is 255 g/mol. The first-order valence-corrected chi connectivity index (χ1v) is 3.72. The molecule has 9 heavy (non-hydrogen) atoms. The minimum absolute atomic E-state index is 0.260. The lowest BCUT2D eigenvalue weighted by Crippen LogP contribution is -1.82. The molecule has 0 fully saturated rings. The molecule has 1 heterocycles. The molecule has 0 bridgehead atoms. The second kappa shape index (κ2) is 2.74. The first-order valence-electron chi connectivity index (χ1n) is 2.24. The summed E-state index contributed by atoms with van der Waals surface area (Å²) in [6.45, 7) is 0. The molecule has 0 saturated carbocycles. The zero-order chi connectivity index (χ0) is 6.85. The van der Waals surface area contributed by atoms with E-state index in [1.807, 2.05) is 22.6 Å². The zero-order valence-electron chi connectivity index (χ0n) is 4.32. The zero-order valence-corrected chi connectivity index (χ0v) is 7.29. The summed E-state index contributed by atoms with van der Waals surface area (Å²) in [6, 6.07) is 1.57. The van der Waals surface area contributed by atoms with Gasteiger partial charge in [0, 0.05) is 6.20 Å². The Morgan fingerprint density at radius 2 is 2.33 bits per heavy atom. The molecule has 48 valence electrons. The SMILES string of the molecule is Fc1c[nH]c(=S)cc1I. The Morgan fingerprint density at radius 3 is 2.78 bits per heavy atom. The van der Waals surface area contributed by atoms with Crippen LogP contribution in [0, 0.1) is 14.0 Å². The van der Waals surface area contributed by atoms with Crippen molar-refractivity contribution < 1.29 is 4.39 Å². The van der Waals surface area contributed by atoms with E-state index in [2.05, 4.69) is 4.98 Å². The smallest absolute Gasteiger partial charge is 0.152 e. The molecule has 0 aliphatic carbocycles. The third kappa shape index (κ3) is 1.72. The average Bonchev–Trinajstić information content (AvgIpc) is 1.80. The van der Waals surface area contributed by atoms with E-state index in [0.717, 1.165) is 0 Å². The number of aromatic nitrogens is 1. The summed E-state index contributed by atoms with van der Waals surface area (Å²) in [7, 11) is 0. The summed E-state index contributed by atoms with van der Waals surface area (Å²) in [4.78, 5) is 2.58. The molecule has 4 heteroatoms. The van der Waals surface area contributed by atoms with Crippen molar-refractivity contribution in [3.63, 3.8) is 0 Å². The van der Waals surface area contributed by atoms with Gasteiger partial charge in [-0.05, 0) is 28.7 Å². The highest BCUT2D eigenvalue weighted by atomic mass is 127. The Balaban J connectivity index is 3.34. The fourth-order valence-corrected chi connectivity index (χ4v) is 1.28. The van der Waals surface area contributed by atoms with Crippen LogP contribution in [0.15, 0.2) is 12.3 Å². The quantitative estimate of drug-likeness (QED) is 0.556. The maximum atomic E-state index is 12.4. The van der Waals surface area contributed by atoms with Crippen molar-refractivity contribution in [3.05, 3.63) is 26.3 Å². The number of hydrogen-bond acceptors (Lipinski definition) is 1. The van der Waals surface area contributed by atoms with Gasteiger partial charge in [0.1, 0.15) is 4.64 Å². The van der Waals surface area contributed by atoms with Crippen LogP contribution >= 0.6 is 34.8 Å². The summed E-state index contributed by atoms with van der Waals surface area (Å²) in [5.74, 6) is -0.260. The topological polar surface area (TPSA) is 15.8 Å². The Morgan fingerprint density at radius 1 is 1.67 bits per heavy atom. The Hall–Kier alpha value is 0.0300. The van der Waals surface area contributed by atoms with E-state index in [4.69, 9.17) is 12.2 Å². The van der Waals surface area contributed by atoms with Crippen molar-refractivity contribution in [2.45, 2.75) is 0 Å². The highest BCUT2D eigenvalue weighted by Crippen LogP contribution is 2.07. The van der Waals surface area contributed by atoms with Crippen molar-refractivity contribution in [1.82, 2.24) is 4.98 Å². The van der Waals surface area contributed by atoms with Gasteiger partial charge in [-0.1, -0.05) is 12.2 Å². The van der Waals surface area contributed by atoms with E-state index in [1.165, 1.54) is 6.20 Å². The van der Waals surface area contributed by atoms with Gasteiger partial charge in [-0.3, -0.25) is 0 Å². The number of rotatable bonds is 0. The van der Waals surface area contributed by atoms with Crippen LogP contribution in [0.5, 0.6) is 0 Å². The van der Waals surface area contributed by atoms with Gasteiger partial charge >= 0.3 is 0 Å². The van der Waals surface area contributed by atoms with Gasteiger partial charge in [0.05, 0.1) is 3.57 Å². The molecule has 0 unspecified atom stereocenters. The van der Waals surface area contributed by atoms with Gasteiger partial charge in [0.2, 0.25) is 0 Å². The van der Waals surface area contributed by atoms with Crippen LogP contribution < -0.4 is 0 Å². The molecule has 1 N–H and O–H groups in total. The normalized spacial score (nSPS) is 9.56. The van der Waals surface area contributed by atoms with Crippen LogP contribution in [0.4, 0.5) is 4.39 Å². The van der Waals surface area contributed by atoms with Crippen LogP contribution in [0.2, 0.25) is 0 Å². The van der Waals surface area contributed by atoms with Gasteiger partial charge in [0.15, 0.2) is 5.82 Å². The third-order valence-corrected chi connectivity index (χ3v) is 1.89. The molecule has 1 nitrogen and oxygen atoms in total. The van der Waals surface area contributed by atoms with Crippen molar-refractivity contribution in [2.24, 2.45) is 0 Å². The van der Waals surface area contributed by atoms with E-state index in [0.29, 0.717) is 8.21 Å². The second-order valence-corrected chi connectivity index (χ2v) is 3.10. The summed E-state index contributed by atoms with van der Waals surface area (Å²) in [5, 5.41) is 0. The Kier molecular flexibility index (Phi) is 2.18. The molecule has 0 aliphatic rings. The predicted molar refractivity (Wildman–Crippen MR) is 44.3 cm³/mol. The summed E-state index contributed by atoms with van der Waals surface area (Å²) < 4.78 is 13.5. The van der Waals surface area contributed by atoms with Crippen molar-refractivity contribution in [1.29, 1.82) is 0 Å². The fourth-order valence-electron chi connectivity index (χ4n) is 0.429. The molecular weight excluding hydrogens is 252 g/mol. The van der Waals surface area contributed by atoms with Crippen molar-refractivity contribution >= 4 is 34.8 Å². The minimum atomic E-state index is -0.260. The summed E-state index contributed by atoms with van der Waals surface area (Å²) in [6.07, 6.45) is 1.25. The third-order valence-electron chi connectivity index (χ3n) is 0.827. The van der Waals surface area contributed by atoms with Crippen molar-refractivity contribution in [2.75, 3.05) is 0 Å². The largest absolute Gasteiger partial charge is 0.350 e. The number of halogens is 2. The van der Waals surface area contributed by atoms with Crippen LogP contribution in [0.25, 0.3) is 0 Å². The van der Waals surface area contributed by atoms with Crippen molar-refractivity contribution in [3.8, 4) is 0 Å². The van der Waals surface area contributed by atoms with Gasteiger partial charge in [-0.15, -0.1) is 0 Å². The molecule has 0 amide bonds. The van der Waals surface area contributed by atoms with Gasteiger partial charge in [-0.2, -0.15) is 0 Å². The van der Waals surface area contributed by atoms with E-state index in [9.17, 15) is 4.39 Å². The van der Waals surface area contributed by atoms with Gasteiger partial charge in [0.25, 0.3) is 0 Å². The van der Waals surface area contributed by atoms with Crippen LogP contribution in [0.3, 0.4) is 0 Å². The van der Waals surface area contributed by atoms with E-state index < -0.39 is 0 Å². The minimum Gasteiger partial charge on any atom is -0.350 e. The highest BCUT2D eigenvalue weighted by Gasteiger charge is 1.93. The maximum Gasteiger partial charge on any atom is 0.152 e. The fraction of sp³-hybridized carbons (Fsp3) is 0. The van der Waals surface area contributed by atoms with Gasteiger partial charge < -0.3 is 4.98 Å². The predicted octanol–water partition coefficient (Wildman–Crippen LogP) is 2.49. The molecule has 0 aromatic carbocycles. The molecule has 0 radical (unpaired) electrons. The second-order valence-electron chi connectivity index (χ2n) is 1.49. The number of aromatic amines is 1. The van der Waals surface area contributed by atoms with Crippen LogP contribution in [-0.4, -0.2) is 4.98 Å². The Labute approximate surface area is 70.4 Å². The maximum absolute atomic E-state index is 12.4. The molecule has 1 aromatic rings. The standard InChI is InChI=1S/C5H3FINS/c6-3-2-8-5(9)1-4(3)7/h1-2H,(H,8,9). The lowest BCUT2D eigenvalue weighted by molar-refractivity contribution is 0.613. The van der Waals surface area contributed by atoms with Crippen LogP contribution in [0.1, 0.15) is 0 Å². The first-order chi connectivity index (χ1) is 4.20. The molecule has 0 spiro atoms. The number of hydrogen-bond donors (Lipinski definition) is 1. The molecule has 1 aromatic heterocycles. The molecule has 0 saturated heterocycles. The molecule has 1 rings (SSSR count). The lowest BCUT2D eigenvalue weighted by atomic mass is 10.5. The van der Waals surface area contributed by atoms with E-state index in [-0.39, 0.29) is 5.82 Å². The number of H-pyrrole nitrogens is 1. The number of pyridine rings is 1. The first kappa shape index (κ1) is 7.14. The summed E-state index contributed by atoms with van der Waals surface area (Å²) in [5.41, 5.74) is 0. The molecule has 0 atom stereocenters.